The van der Waals surface area contributed by atoms with Gasteiger partial charge in [-0.25, -0.2) is 4.39 Å². The van der Waals surface area contributed by atoms with E-state index in [1.54, 1.807) is 6.07 Å². The molecule has 1 N–H and O–H groups in total. The average molecular weight is 275 g/mol. The predicted molar refractivity (Wildman–Crippen MR) is 80.0 cm³/mol. The van der Waals surface area contributed by atoms with Crippen molar-refractivity contribution in [3.8, 4) is 11.1 Å². The summed E-state index contributed by atoms with van der Waals surface area (Å²) < 4.78 is 15.3. The molecule has 108 valence electrons. The topological polar surface area (TPSA) is 29.9 Å². The first-order valence-corrected chi connectivity index (χ1v) is 7.06. The molecule has 2 aromatic rings. The molecule has 20 heavy (non-hydrogen) atoms. The van der Waals surface area contributed by atoms with E-state index in [9.17, 15) is 4.39 Å². The first-order valence-electron chi connectivity index (χ1n) is 7.06. The van der Waals surface area contributed by atoms with Crippen LogP contribution in [0.3, 0.4) is 0 Å². The van der Waals surface area contributed by atoms with Gasteiger partial charge in [0.2, 0.25) is 0 Å². The van der Waals surface area contributed by atoms with Crippen LogP contribution < -0.4 is 5.32 Å². The Morgan fingerprint density at radius 1 is 1.30 bits per heavy atom. The minimum Gasteiger partial charge on any atom is -0.310 e. The van der Waals surface area contributed by atoms with Gasteiger partial charge in [0.1, 0.15) is 5.82 Å². The van der Waals surface area contributed by atoms with Gasteiger partial charge in [-0.1, -0.05) is 26.8 Å². The normalized spacial score (nSPS) is 11.3. The van der Waals surface area contributed by atoms with Gasteiger partial charge in [0.15, 0.2) is 0 Å². The third-order valence-electron chi connectivity index (χ3n) is 3.30. The van der Waals surface area contributed by atoms with Crippen LogP contribution in [0.15, 0.2) is 24.4 Å². The molecule has 0 aliphatic carbocycles. The fourth-order valence-electron chi connectivity index (χ4n) is 2.31. The summed E-state index contributed by atoms with van der Waals surface area (Å²) in [5, 5.41) is 7.82. The smallest absolute Gasteiger partial charge is 0.123 e. The summed E-state index contributed by atoms with van der Waals surface area (Å²) in [7, 11) is 1.91. The largest absolute Gasteiger partial charge is 0.310 e. The Morgan fingerprint density at radius 2 is 2.05 bits per heavy atom. The van der Waals surface area contributed by atoms with Gasteiger partial charge in [-0.3, -0.25) is 4.68 Å². The van der Waals surface area contributed by atoms with Crippen LogP contribution in [-0.4, -0.2) is 15.8 Å². The van der Waals surface area contributed by atoms with E-state index in [2.05, 4.69) is 31.2 Å². The second-order valence-electron chi connectivity index (χ2n) is 5.35. The molecule has 1 aromatic carbocycles. The van der Waals surface area contributed by atoms with Crippen molar-refractivity contribution in [2.45, 2.75) is 39.8 Å². The van der Waals surface area contributed by atoms with Crippen LogP contribution in [0.2, 0.25) is 0 Å². The SMILES string of the molecule is CCc1nn(C)cc1-c1ccc(F)cc1CNC(C)C. The van der Waals surface area contributed by atoms with Crippen molar-refractivity contribution in [2.75, 3.05) is 0 Å². The molecule has 0 unspecified atom stereocenters. The second kappa shape index (κ2) is 6.18. The molecule has 0 saturated heterocycles. The van der Waals surface area contributed by atoms with Crippen molar-refractivity contribution in [1.82, 2.24) is 15.1 Å². The molecule has 0 bridgehead atoms. The molecule has 3 nitrogen and oxygen atoms in total. The van der Waals surface area contributed by atoms with E-state index < -0.39 is 0 Å². The summed E-state index contributed by atoms with van der Waals surface area (Å²) in [6.07, 6.45) is 2.87. The van der Waals surface area contributed by atoms with Gasteiger partial charge in [-0.15, -0.1) is 0 Å². The summed E-state index contributed by atoms with van der Waals surface area (Å²) in [6.45, 7) is 6.91. The Kier molecular flexibility index (Phi) is 4.55. The van der Waals surface area contributed by atoms with E-state index in [0.717, 1.165) is 28.8 Å². The fraction of sp³-hybridized carbons (Fsp3) is 0.438. The summed E-state index contributed by atoms with van der Waals surface area (Å²) >= 11 is 0. The van der Waals surface area contributed by atoms with Crippen molar-refractivity contribution in [1.29, 1.82) is 0 Å². The summed E-state index contributed by atoms with van der Waals surface area (Å²) in [5.74, 6) is -0.198. The molecule has 4 heteroatoms. The lowest BCUT2D eigenvalue weighted by atomic mass is 9.99. The van der Waals surface area contributed by atoms with Crippen LogP contribution >= 0.6 is 0 Å². The lowest BCUT2D eigenvalue weighted by Crippen LogP contribution is -2.22. The van der Waals surface area contributed by atoms with Crippen LogP contribution in [0.5, 0.6) is 0 Å². The molecule has 0 aliphatic heterocycles. The molecule has 0 atom stereocenters. The van der Waals surface area contributed by atoms with Gasteiger partial charge in [0, 0.05) is 31.4 Å². The Balaban J connectivity index is 2.44. The maximum Gasteiger partial charge on any atom is 0.123 e. The van der Waals surface area contributed by atoms with E-state index >= 15 is 0 Å². The third kappa shape index (κ3) is 3.25. The van der Waals surface area contributed by atoms with Gasteiger partial charge in [-0.2, -0.15) is 5.10 Å². The Labute approximate surface area is 119 Å². The number of halogens is 1. The quantitative estimate of drug-likeness (QED) is 0.907. The van der Waals surface area contributed by atoms with Crippen LogP contribution in [0.4, 0.5) is 4.39 Å². The molecule has 1 aromatic heterocycles. The maximum absolute atomic E-state index is 13.5. The van der Waals surface area contributed by atoms with Crippen LogP contribution in [0, 0.1) is 5.82 Å². The molecule has 0 aliphatic rings. The van der Waals surface area contributed by atoms with Crippen molar-refractivity contribution in [3.05, 3.63) is 41.5 Å². The van der Waals surface area contributed by atoms with E-state index in [4.69, 9.17) is 0 Å². The van der Waals surface area contributed by atoms with Gasteiger partial charge in [0.05, 0.1) is 5.69 Å². The van der Waals surface area contributed by atoms with Crippen LogP contribution in [0.25, 0.3) is 11.1 Å². The highest BCUT2D eigenvalue weighted by atomic mass is 19.1. The molecule has 2 rings (SSSR count). The van der Waals surface area contributed by atoms with E-state index in [1.165, 1.54) is 6.07 Å². The van der Waals surface area contributed by atoms with Crippen molar-refractivity contribution in [3.63, 3.8) is 0 Å². The zero-order valence-electron chi connectivity index (χ0n) is 12.6. The lowest BCUT2D eigenvalue weighted by Gasteiger charge is -2.13. The predicted octanol–water partition coefficient (Wildman–Crippen LogP) is 3.29. The Morgan fingerprint density at radius 3 is 2.70 bits per heavy atom. The van der Waals surface area contributed by atoms with E-state index in [1.807, 2.05) is 24.0 Å². The highest BCUT2D eigenvalue weighted by Gasteiger charge is 2.13. The number of hydrogen-bond donors (Lipinski definition) is 1. The molecular formula is C16H22FN3. The number of rotatable bonds is 5. The summed E-state index contributed by atoms with van der Waals surface area (Å²) in [5.41, 5.74) is 4.17. The van der Waals surface area contributed by atoms with E-state index in [0.29, 0.717) is 12.6 Å². The molecular weight excluding hydrogens is 253 g/mol. The number of hydrogen-bond acceptors (Lipinski definition) is 2. The van der Waals surface area contributed by atoms with Crippen LogP contribution in [0.1, 0.15) is 32.0 Å². The fourth-order valence-corrected chi connectivity index (χ4v) is 2.31. The lowest BCUT2D eigenvalue weighted by molar-refractivity contribution is 0.582. The molecule has 1 heterocycles. The molecule has 0 fully saturated rings. The number of nitrogens with one attached hydrogen (secondary N) is 1. The highest BCUT2D eigenvalue weighted by molar-refractivity contribution is 5.69. The van der Waals surface area contributed by atoms with Crippen molar-refractivity contribution < 1.29 is 4.39 Å². The van der Waals surface area contributed by atoms with Gasteiger partial charge < -0.3 is 5.32 Å². The molecule has 0 radical (unpaired) electrons. The minimum absolute atomic E-state index is 0.198. The first kappa shape index (κ1) is 14.7. The average Bonchev–Trinajstić information content (AvgIpc) is 2.77. The van der Waals surface area contributed by atoms with Crippen molar-refractivity contribution >= 4 is 0 Å². The third-order valence-corrected chi connectivity index (χ3v) is 3.30. The number of aryl methyl sites for hydroxylation is 2. The Bertz CT molecular complexity index is 587. The van der Waals surface area contributed by atoms with Crippen LogP contribution in [-0.2, 0) is 20.0 Å². The van der Waals surface area contributed by atoms with Crippen molar-refractivity contribution in [2.24, 2.45) is 7.05 Å². The zero-order valence-corrected chi connectivity index (χ0v) is 12.6. The standard InChI is InChI=1S/C16H22FN3/c1-5-16-15(10-20(4)19-16)14-7-6-13(17)8-12(14)9-18-11(2)3/h6-8,10-11,18H,5,9H2,1-4H3. The summed E-state index contributed by atoms with van der Waals surface area (Å²) in [4.78, 5) is 0. The maximum atomic E-state index is 13.5. The first-order chi connectivity index (χ1) is 9.51. The van der Waals surface area contributed by atoms with E-state index in [-0.39, 0.29) is 5.82 Å². The number of nitrogens with zero attached hydrogens (tertiary/aromatic N) is 2. The van der Waals surface area contributed by atoms with Gasteiger partial charge in [0.25, 0.3) is 0 Å². The zero-order chi connectivity index (χ0) is 14.7. The molecule has 0 amide bonds. The minimum atomic E-state index is -0.198. The summed E-state index contributed by atoms with van der Waals surface area (Å²) in [6, 6.07) is 5.34. The van der Waals surface area contributed by atoms with Gasteiger partial charge >= 0.3 is 0 Å². The number of benzene rings is 1. The second-order valence-corrected chi connectivity index (χ2v) is 5.35. The van der Waals surface area contributed by atoms with Gasteiger partial charge in [-0.05, 0) is 29.7 Å². The highest BCUT2D eigenvalue weighted by Crippen LogP contribution is 2.27. The molecule has 0 saturated carbocycles. The molecule has 0 spiro atoms. The number of aromatic nitrogens is 2. The monoisotopic (exact) mass is 275 g/mol. The Hall–Kier alpha value is -1.68.